The molecule has 1 atom stereocenters. The first-order valence-electron chi connectivity index (χ1n) is 9.29. The van der Waals surface area contributed by atoms with Crippen LogP contribution in [0.25, 0.3) is 0 Å². The van der Waals surface area contributed by atoms with Crippen molar-refractivity contribution in [2.24, 2.45) is 0 Å². The average molecular weight is 384 g/mol. The van der Waals surface area contributed by atoms with E-state index in [1.54, 1.807) is 11.4 Å². The van der Waals surface area contributed by atoms with Crippen LogP contribution in [0, 0.1) is 0 Å². The minimum absolute atomic E-state index is 0.0600. The number of ether oxygens (including phenoxy) is 3. The Kier molecular flexibility index (Phi) is 6.69. The van der Waals surface area contributed by atoms with Gasteiger partial charge in [-0.05, 0) is 24.8 Å². The topological polar surface area (TPSA) is 65.1 Å². The minimum Gasteiger partial charge on any atom is -0.382 e. The van der Waals surface area contributed by atoms with Gasteiger partial charge in [0.05, 0.1) is 30.7 Å². The molecule has 2 aliphatic heterocycles. The number of hydrogen-bond acceptors (Lipinski definition) is 5. The molecule has 26 heavy (non-hydrogen) atoms. The summed E-state index contributed by atoms with van der Waals surface area (Å²) >= 11 is 0. The number of sulfonamides is 1. The van der Waals surface area contributed by atoms with Gasteiger partial charge in [-0.1, -0.05) is 30.3 Å². The summed E-state index contributed by atoms with van der Waals surface area (Å²) in [6.45, 7) is 2.89. The first-order chi connectivity index (χ1) is 12.5. The number of rotatable bonds is 7. The number of nitrogens with zero attached hydrogens (tertiary/aromatic N) is 1. The van der Waals surface area contributed by atoms with Crippen LogP contribution in [0.3, 0.4) is 0 Å². The molecule has 1 aromatic carbocycles. The van der Waals surface area contributed by atoms with Crippen LogP contribution in [-0.2, 0) is 30.0 Å². The summed E-state index contributed by atoms with van der Waals surface area (Å²) in [6, 6.07) is 9.35. The molecule has 0 aromatic heterocycles. The Morgan fingerprint density at radius 2 is 1.92 bits per heavy atom. The van der Waals surface area contributed by atoms with Gasteiger partial charge < -0.3 is 14.2 Å². The van der Waals surface area contributed by atoms with Crippen LogP contribution < -0.4 is 0 Å². The highest BCUT2D eigenvalue weighted by atomic mass is 32.2. The third-order valence-electron chi connectivity index (χ3n) is 5.31. The molecular weight excluding hydrogens is 354 g/mol. The molecular formula is C19H29NO5S. The molecule has 0 bridgehead atoms. The monoisotopic (exact) mass is 383 g/mol. The lowest BCUT2D eigenvalue weighted by molar-refractivity contribution is -0.152. The summed E-state index contributed by atoms with van der Waals surface area (Å²) < 4.78 is 44.1. The van der Waals surface area contributed by atoms with Crippen molar-refractivity contribution in [3.8, 4) is 0 Å². The van der Waals surface area contributed by atoms with Crippen LogP contribution in [0.15, 0.2) is 30.3 Å². The fourth-order valence-corrected chi connectivity index (χ4v) is 5.35. The molecule has 2 aliphatic rings. The summed E-state index contributed by atoms with van der Waals surface area (Å²) in [6.07, 6.45) is 3.35. The van der Waals surface area contributed by atoms with Gasteiger partial charge in [-0.15, -0.1) is 0 Å². The molecule has 2 saturated heterocycles. The van der Waals surface area contributed by atoms with Crippen molar-refractivity contribution in [2.45, 2.75) is 43.1 Å². The van der Waals surface area contributed by atoms with E-state index in [1.807, 2.05) is 30.3 Å². The van der Waals surface area contributed by atoms with Crippen molar-refractivity contribution < 1.29 is 22.6 Å². The van der Waals surface area contributed by atoms with Crippen molar-refractivity contribution in [1.82, 2.24) is 4.31 Å². The highest BCUT2D eigenvalue weighted by Crippen LogP contribution is 2.37. The van der Waals surface area contributed by atoms with Crippen LogP contribution in [0.2, 0.25) is 0 Å². The number of methoxy groups -OCH3 is 1. The van der Waals surface area contributed by atoms with E-state index in [4.69, 9.17) is 14.2 Å². The lowest BCUT2D eigenvalue weighted by Crippen LogP contribution is -2.52. The second-order valence-corrected chi connectivity index (χ2v) is 9.12. The van der Waals surface area contributed by atoms with E-state index >= 15 is 0 Å². The van der Waals surface area contributed by atoms with E-state index in [9.17, 15) is 8.42 Å². The van der Waals surface area contributed by atoms with E-state index in [2.05, 4.69) is 0 Å². The fraction of sp³-hybridized carbons (Fsp3) is 0.684. The Morgan fingerprint density at radius 1 is 1.19 bits per heavy atom. The molecule has 0 amide bonds. The second-order valence-electron chi connectivity index (χ2n) is 7.15. The van der Waals surface area contributed by atoms with E-state index in [-0.39, 0.29) is 17.5 Å². The molecule has 2 fully saturated rings. The lowest BCUT2D eigenvalue weighted by Gasteiger charge is -2.45. The van der Waals surface area contributed by atoms with Gasteiger partial charge in [-0.25, -0.2) is 12.7 Å². The summed E-state index contributed by atoms with van der Waals surface area (Å²) in [4.78, 5) is 0. The largest absolute Gasteiger partial charge is 0.382 e. The zero-order chi connectivity index (χ0) is 18.5. The number of hydrogen-bond donors (Lipinski definition) is 0. The van der Waals surface area contributed by atoms with Crippen LogP contribution >= 0.6 is 0 Å². The maximum Gasteiger partial charge on any atom is 0.218 e. The van der Waals surface area contributed by atoms with Gasteiger partial charge in [0.1, 0.15) is 0 Å². The van der Waals surface area contributed by atoms with Crippen molar-refractivity contribution >= 4 is 10.0 Å². The molecule has 7 heteroatoms. The maximum absolute atomic E-state index is 12.7. The van der Waals surface area contributed by atoms with Gasteiger partial charge in [-0.3, -0.25) is 0 Å². The predicted octanol–water partition coefficient (Wildman–Crippen LogP) is 2.19. The van der Waals surface area contributed by atoms with Gasteiger partial charge in [0.2, 0.25) is 10.0 Å². The van der Waals surface area contributed by atoms with Crippen LogP contribution in [0.5, 0.6) is 0 Å². The molecule has 1 aromatic rings. The van der Waals surface area contributed by atoms with Gasteiger partial charge in [0.25, 0.3) is 0 Å². The van der Waals surface area contributed by atoms with E-state index in [1.165, 1.54) is 0 Å². The van der Waals surface area contributed by atoms with Crippen LogP contribution in [-0.4, -0.2) is 64.4 Å². The Bertz CT molecular complexity index is 656. The lowest BCUT2D eigenvalue weighted by atomic mass is 9.84. The molecule has 1 spiro atoms. The second kappa shape index (κ2) is 8.80. The van der Waals surface area contributed by atoms with E-state index in [0.717, 1.165) is 31.2 Å². The SMILES string of the molecule is COCCOC1CCOC2(CCN(S(=O)(=O)Cc3ccccc3)CC2)C1. The number of piperidine rings is 1. The molecule has 0 saturated carbocycles. The molecule has 0 N–H and O–H groups in total. The summed E-state index contributed by atoms with van der Waals surface area (Å²) in [5, 5.41) is 0. The number of benzene rings is 1. The Morgan fingerprint density at radius 3 is 2.62 bits per heavy atom. The van der Waals surface area contributed by atoms with E-state index in [0.29, 0.717) is 32.9 Å². The molecule has 1 unspecified atom stereocenters. The van der Waals surface area contributed by atoms with Crippen molar-refractivity contribution in [3.05, 3.63) is 35.9 Å². The summed E-state index contributed by atoms with van der Waals surface area (Å²) in [5.41, 5.74) is 0.586. The van der Waals surface area contributed by atoms with Crippen LogP contribution in [0.1, 0.15) is 31.2 Å². The van der Waals surface area contributed by atoms with Gasteiger partial charge >= 0.3 is 0 Å². The summed E-state index contributed by atoms with van der Waals surface area (Å²) in [5.74, 6) is 0.0600. The third-order valence-corrected chi connectivity index (χ3v) is 7.16. The average Bonchev–Trinajstić information content (AvgIpc) is 2.63. The first-order valence-corrected chi connectivity index (χ1v) is 10.9. The molecule has 6 nitrogen and oxygen atoms in total. The normalized spacial score (nSPS) is 24.0. The van der Waals surface area contributed by atoms with Gasteiger partial charge in [0, 0.05) is 33.2 Å². The molecule has 0 aliphatic carbocycles. The fourth-order valence-electron chi connectivity index (χ4n) is 3.82. The quantitative estimate of drug-likeness (QED) is 0.676. The molecule has 3 rings (SSSR count). The van der Waals surface area contributed by atoms with Gasteiger partial charge in [0.15, 0.2) is 0 Å². The van der Waals surface area contributed by atoms with Crippen molar-refractivity contribution in [2.75, 3.05) is 40.0 Å². The minimum atomic E-state index is -3.29. The third kappa shape index (κ3) is 5.04. The Balaban J connectivity index is 1.54. The molecule has 0 radical (unpaired) electrons. The zero-order valence-electron chi connectivity index (χ0n) is 15.4. The zero-order valence-corrected chi connectivity index (χ0v) is 16.2. The Hall–Kier alpha value is -0.990. The smallest absolute Gasteiger partial charge is 0.218 e. The molecule has 146 valence electrons. The van der Waals surface area contributed by atoms with Crippen molar-refractivity contribution in [1.29, 1.82) is 0 Å². The van der Waals surface area contributed by atoms with Gasteiger partial charge in [-0.2, -0.15) is 0 Å². The standard InChI is InChI=1S/C19H29NO5S/c1-23-13-14-24-18-7-12-25-19(15-18)8-10-20(11-9-19)26(21,22)16-17-5-3-2-4-6-17/h2-6,18H,7-16H2,1H3. The summed E-state index contributed by atoms with van der Waals surface area (Å²) in [7, 11) is -1.63. The van der Waals surface area contributed by atoms with Crippen molar-refractivity contribution in [3.63, 3.8) is 0 Å². The van der Waals surface area contributed by atoms with E-state index < -0.39 is 10.0 Å². The maximum atomic E-state index is 12.7. The molecule has 2 heterocycles. The Labute approximate surface area is 156 Å². The van der Waals surface area contributed by atoms with Crippen LogP contribution in [0.4, 0.5) is 0 Å². The highest BCUT2D eigenvalue weighted by molar-refractivity contribution is 7.88. The predicted molar refractivity (Wildman–Crippen MR) is 99.4 cm³/mol. The first kappa shape index (κ1) is 19.8. The highest BCUT2D eigenvalue weighted by Gasteiger charge is 2.42.